The van der Waals surface area contributed by atoms with E-state index in [1.54, 1.807) is 23.7 Å². The van der Waals surface area contributed by atoms with E-state index < -0.39 is 11.7 Å². The molecule has 1 N–H and O–H groups in total. The van der Waals surface area contributed by atoms with Gasteiger partial charge in [0, 0.05) is 16.8 Å². The molecule has 0 saturated carbocycles. The number of ether oxygens (including phenoxy) is 1. The van der Waals surface area contributed by atoms with E-state index in [-0.39, 0.29) is 12.3 Å². The number of nitrogens with one attached hydrogen (secondary N) is 1. The van der Waals surface area contributed by atoms with Crippen LogP contribution in [0.25, 0.3) is 0 Å². The normalized spacial score (nSPS) is 11.0. The van der Waals surface area contributed by atoms with Gasteiger partial charge >= 0.3 is 0 Å². The molecule has 0 spiro atoms. The Morgan fingerprint density at radius 3 is 2.56 bits per heavy atom. The fourth-order valence-corrected chi connectivity index (χ4v) is 3.86. The van der Waals surface area contributed by atoms with Crippen molar-refractivity contribution in [3.8, 4) is 5.75 Å². The lowest BCUT2D eigenvalue weighted by atomic mass is 10.1. The lowest BCUT2D eigenvalue weighted by molar-refractivity contribution is 0.101. The predicted octanol–water partition coefficient (Wildman–Crippen LogP) is 5.78. The van der Waals surface area contributed by atoms with Crippen LogP contribution in [-0.4, -0.2) is 20.8 Å². The molecule has 2 aromatic carbocycles. The number of anilines is 1. The van der Waals surface area contributed by atoms with Crippen LogP contribution in [0.2, 0.25) is 5.02 Å². The zero-order chi connectivity index (χ0) is 24.4. The Morgan fingerprint density at radius 1 is 1.12 bits per heavy atom. The largest absolute Gasteiger partial charge is 0.489 e. The van der Waals surface area contributed by atoms with Crippen molar-refractivity contribution in [3.63, 3.8) is 0 Å². The summed E-state index contributed by atoms with van der Waals surface area (Å²) >= 11 is 6.13. The van der Waals surface area contributed by atoms with Gasteiger partial charge in [0.15, 0.2) is 11.5 Å². The van der Waals surface area contributed by atoms with Crippen LogP contribution in [0.5, 0.6) is 5.75 Å². The summed E-state index contributed by atoms with van der Waals surface area (Å²) in [6, 6.07) is 11.9. The standard InChI is InChI=1S/C25H24ClFN4O3/c1-14-7-15(2)9-20(8-14)33-13-21-17(4)34-30-24(21)25(32)28-23-10-16(3)31(29-23)12-18-5-6-19(27)11-22(18)26/h5-11H,12-13H2,1-4H3,(H,28,29,32). The maximum atomic E-state index is 13.3. The molecule has 2 aromatic heterocycles. The summed E-state index contributed by atoms with van der Waals surface area (Å²) in [5.74, 6) is 0.697. The molecule has 1 amide bonds. The number of aryl methyl sites for hydroxylation is 4. The summed E-state index contributed by atoms with van der Waals surface area (Å²) in [6.45, 7) is 8.04. The van der Waals surface area contributed by atoms with E-state index in [0.717, 1.165) is 16.8 Å². The lowest BCUT2D eigenvalue weighted by Gasteiger charge is -2.09. The molecule has 0 unspecified atom stereocenters. The van der Waals surface area contributed by atoms with Gasteiger partial charge in [-0.3, -0.25) is 9.48 Å². The van der Waals surface area contributed by atoms with Crippen molar-refractivity contribution in [1.82, 2.24) is 14.9 Å². The molecule has 0 aliphatic carbocycles. The monoisotopic (exact) mass is 482 g/mol. The molecule has 0 saturated heterocycles. The highest BCUT2D eigenvalue weighted by atomic mass is 35.5. The quantitative estimate of drug-likeness (QED) is 0.361. The number of carbonyl (C=O) groups excluding carboxylic acids is 1. The van der Waals surface area contributed by atoms with Crippen molar-refractivity contribution in [2.45, 2.75) is 40.8 Å². The Hall–Kier alpha value is -3.65. The van der Waals surface area contributed by atoms with E-state index >= 15 is 0 Å². The van der Waals surface area contributed by atoms with Crippen molar-refractivity contribution in [3.05, 3.63) is 92.7 Å². The number of hydrogen-bond donors (Lipinski definition) is 1. The summed E-state index contributed by atoms with van der Waals surface area (Å²) in [5.41, 5.74) is 4.38. The van der Waals surface area contributed by atoms with Gasteiger partial charge in [-0.05, 0) is 68.7 Å². The van der Waals surface area contributed by atoms with E-state index in [9.17, 15) is 9.18 Å². The fourth-order valence-electron chi connectivity index (χ4n) is 3.63. The molecule has 0 aliphatic heterocycles. The zero-order valence-corrected chi connectivity index (χ0v) is 20.0. The Balaban J connectivity index is 1.47. The van der Waals surface area contributed by atoms with Gasteiger partial charge in [0.25, 0.3) is 5.91 Å². The molecule has 0 fully saturated rings. The first kappa shape index (κ1) is 23.5. The van der Waals surface area contributed by atoms with Crippen LogP contribution in [0.1, 0.15) is 44.2 Å². The van der Waals surface area contributed by atoms with Gasteiger partial charge in [-0.2, -0.15) is 5.10 Å². The minimum atomic E-state index is -0.458. The molecule has 0 atom stereocenters. The number of carbonyl (C=O) groups is 1. The van der Waals surface area contributed by atoms with Gasteiger partial charge in [-0.15, -0.1) is 0 Å². The molecule has 176 valence electrons. The van der Waals surface area contributed by atoms with Crippen LogP contribution in [0.15, 0.2) is 47.0 Å². The third-order valence-corrected chi connectivity index (χ3v) is 5.69. The molecule has 34 heavy (non-hydrogen) atoms. The number of hydrogen-bond acceptors (Lipinski definition) is 5. The molecule has 9 heteroatoms. The second-order valence-electron chi connectivity index (χ2n) is 8.20. The predicted molar refractivity (Wildman–Crippen MR) is 127 cm³/mol. The highest BCUT2D eigenvalue weighted by Crippen LogP contribution is 2.22. The van der Waals surface area contributed by atoms with Crippen molar-refractivity contribution in [1.29, 1.82) is 0 Å². The Bertz CT molecular complexity index is 1340. The minimum Gasteiger partial charge on any atom is -0.489 e. The number of nitrogens with zero attached hydrogens (tertiary/aromatic N) is 3. The summed E-state index contributed by atoms with van der Waals surface area (Å²) in [5, 5.41) is 11.4. The van der Waals surface area contributed by atoms with Crippen LogP contribution < -0.4 is 10.1 Å². The average Bonchev–Trinajstić information content (AvgIpc) is 3.29. The average molecular weight is 483 g/mol. The summed E-state index contributed by atoms with van der Waals surface area (Å²) in [7, 11) is 0. The topological polar surface area (TPSA) is 82.2 Å². The molecule has 2 heterocycles. The van der Waals surface area contributed by atoms with E-state index in [2.05, 4.69) is 21.6 Å². The number of aromatic nitrogens is 3. The first-order valence-electron chi connectivity index (χ1n) is 10.7. The highest BCUT2D eigenvalue weighted by Gasteiger charge is 2.22. The summed E-state index contributed by atoms with van der Waals surface area (Å²) in [4.78, 5) is 12.9. The molecular weight excluding hydrogens is 459 g/mol. The third kappa shape index (κ3) is 5.28. The van der Waals surface area contributed by atoms with Crippen LogP contribution in [-0.2, 0) is 13.2 Å². The summed E-state index contributed by atoms with van der Waals surface area (Å²) in [6.07, 6.45) is 0. The van der Waals surface area contributed by atoms with Crippen LogP contribution >= 0.6 is 11.6 Å². The lowest BCUT2D eigenvalue weighted by Crippen LogP contribution is -2.16. The minimum absolute atomic E-state index is 0.135. The Kier molecular flexibility index (Phi) is 6.70. The second-order valence-corrected chi connectivity index (χ2v) is 8.60. The molecule has 0 bridgehead atoms. The highest BCUT2D eigenvalue weighted by molar-refractivity contribution is 6.31. The number of halogens is 2. The third-order valence-electron chi connectivity index (χ3n) is 5.34. The van der Waals surface area contributed by atoms with Crippen molar-refractivity contribution in [2.75, 3.05) is 5.32 Å². The number of rotatable bonds is 7. The van der Waals surface area contributed by atoms with Gasteiger partial charge in [-0.1, -0.05) is 28.9 Å². The SMILES string of the molecule is Cc1cc(C)cc(OCc2c(C(=O)Nc3cc(C)n(Cc4ccc(F)cc4Cl)n3)noc2C)c1. The molecule has 7 nitrogen and oxygen atoms in total. The first-order chi connectivity index (χ1) is 16.2. The van der Waals surface area contributed by atoms with E-state index in [0.29, 0.717) is 40.0 Å². The van der Waals surface area contributed by atoms with Crippen molar-refractivity contribution >= 4 is 23.3 Å². The maximum absolute atomic E-state index is 13.3. The van der Waals surface area contributed by atoms with Gasteiger partial charge in [-0.25, -0.2) is 4.39 Å². The van der Waals surface area contributed by atoms with Crippen LogP contribution in [0.4, 0.5) is 10.2 Å². The zero-order valence-electron chi connectivity index (χ0n) is 19.3. The first-order valence-corrected chi connectivity index (χ1v) is 11.0. The number of benzene rings is 2. The smallest absolute Gasteiger partial charge is 0.279 e. The van der Waals surface area contributed by atoms with E-state index in [4.69, 9.17) is 20.9 Å². The van der Waals surface area contributed by atoms with Gasteiger partial charge in [0.2, 0.25) is 0 Å². The van der Waals surface area contributed by atoms with Gasteiger partial charge in [0.1, 0.15) is 23.9 Å². The molecule has 4 rings (SSSR count). The van der Waals surface area contributed by atoms with Crippen LogP contribution in [0, 0.1) is 33.5 Å². The van der Waals surface area contributed by atoms with Crippen molar-refractivity contribution in [2.24, 2.45) is 0 Å². The summed E-state index contributed by atoms with van der Waals surface area (Å²) < 4.78 is 26.2. The fraction of sp³-hybridized carbons (Fsp3) is 0.240. The Labute approximate surface area is 201 Å². The van der Waals surface area contributed by atoms with E-state index in [1.807, 2.05) is 32.9 Å². The van der Waals surface area contributed by atoms with E-state index in [1.165, 1.54) is 12.1 Å². The Morgan fingerprint density at radius 2 is 1.85 bits per heavy atom. The molecule has 0 radical (unpaired) electrons. The maximum Gasteiger partial charge on any atom is 0.279 e. The van der Waals surface area contributed by atoms with Gasteiger partial charge < -0.3 is 14.6 Å². The molecular formula is C25H24ClFN4O3. The number of amides is 1. The van der Waals surface area contributed by atoms with Gasteiger partial charge in [0.05, 0.1) is 12.1 Å². The molecule has 4 aromatic rings. The van der Waals surface area contributed by atoms with Crippen molar-refractivity contribution < 1.29 is 18.4 Å². The second kappa shape index (κ2) is 9.69. The van der Waals surface area contributed by atoms with Crippen LogP contribution in [0.3, 0.4) is 0 Å². The molecule has 0 aliphatic rings.